The van der Waals surface area contributed by atoms with Gasteiger partial charge >= 0.3 is 6.18 Å². The van der Waals surface area contributed by atoms with E-state index in [9.17, 15) is 22.8 Å². The van der Waals surface area contributed by atoms with Gasteiger partial charge in [-0.25, -0.2) is 5.10 Å². The number of alkyl halides is 3. The van der Waals surface area contributed by atoms with Gasteiger partial charge in [0.1, 0.15) is 5.02 Å². The van der Waals surface area contributed by atoms with Crippen LogP contribution in [0.1, 0.15) is 45.8 Å². The smallest absolute Gasteiger partial charge is 0.364 e. The van der Waals surface area contributed by atoms with E-state index < -0.39 is 29.2 Å². The summed E-state index contributed by atoms with van der Waals surface area (Å²) in [5.74, 6) is -0.798. The van der Waals surface area contributed by atoms with E-state index in [-0.39, 0.29) is 22.8 Å². The van der Waals surface area contributed by atoms with Crippen molar-refractivity contribution in [3.05, 3.63) is 73.9 Å². The van der Waals surface area contributed by atoms with Crippen molar-refractivity contribution in [2.45, 2.75) is 32.1 Å². The van der Waals surface area contributed by atoms with Crippen molar-refractivity contribution in [2.75, 3.05) is 11.4 Å². The molecule has 0 fully saturated rings. The molecule has 0 saturated heterocycles. The molecule has 32 heavy (non-hydrogen) atoms. The third-order valence-corrected chi connectivity index (χ3v) is 5.89. The van der Waals surface area contributed by atoms with Gasteiger partial charge in [0.2, 0.25) is 0 Å². The number of hydrogen-bond donors (Lipinski definition) is 2. The molecule has 3 heterocycles. The maximum atomic E-state index is 13.5. The fraction of sp³-hybridized carbons (Fsp3) is 0.300. The van der Waals surface area contributed by atoms with Gasteiger partial charge in [0, 0.05) is 30.8 Å². The number of benzene rings is 1. The third-order valence-electron chi connectivity index (χ3n) is 5.52. The van der Waals surface area contributed by atoms with E-state index in [1.165, 1.54) is 29.1 Å². The molecule has 1 aromatic carbocycles. The van der Waals surface area contributed by atoms with Crippen LogP contribution in [0.15, 0.2) is 35.3 Å². The fourth-order valence-corrected chi connectivity index (χ4v) is 4.23. The Bertz CT molecular complexity index is 1250. The Labute approximate surface area is 184 Å². The number of H-pyrrole nitrogens is 1. The number of rotatable bonds is 4. The van der Waals surface area contributed by atoms with Gasteiger partial charge < -0.3 is 10.6 Å². The number of halogens is 4. The number of nitrogens with one attached hydrogen (secondary N) is 1. The summed E-state index contributed by atoms with van der Waals surface area (Å²) in [6, 6.07) is 4.45. The van der Waals surface area contributed by atoms with E-state index >= 15 is 0 Å². The number of hydrogen-bond acceptors (Lipinski definition) is 5. The lowest BCUT2D eigenvalue weighted by atomic mass is 9.99. The summed E-state index contributed by atoms with van der Waals surface area (Å²) in [5, 5.41) is 10.2. The quantitative estimate of drug-likeness (QED) is 0.614. The second kappa shape index (κ2) is 7.97. The normalized spacial score (nSPS) is 14.8. The lowest BCUT2D eigenvalue weighted by Crippen LogP contribution is -2.33. The molecule has 0 saturated carbocycles. The molecule has 1 unspecified atom stereocenters. The molecule has 4 rings (SSSR count). The van der Waals surface area contributed by atoms with Crippen LogP contribution < -0.4 is 16.2 Å². The first kappa shape index (κ1) is 21.9. The van der Waals surface area contributed by atoms with E-state index in [2.05, 4.69) is 15.3 Å². The fourth-order valence-electron chi connectivity index (χ4n) is 4.02. The van der Waals surface area contributed by atoms with Crippen LogP contribution >= 0.6 is 11.6 Å². The highest BCUT2D eigenvalue weighted by molar-refractivity contribution is 6.33. The molecule has 0 aliphatic carbocycles. The number of carbonyl (C=O) groups excluding carboxylic acids is 1. The number of fused-ring (bicyclic) bond motifs is 1. The Morgan fingerprint density at radius 1 is 1.31 bits per heavy atom. The first-order valence-corrected chi connectivity index (χ1v) is 10.0. The van der Waals surface area contributed by atoms with E-state index in [4.69, 9.17) is 17.3 Å². The van der Waals surface area contributed by atoms with Crippen molar-refractivity contribution in [3.63, 3.8) is 0 Å². The number of anilines is 1. The Morgan fingerprint density at radius 2 is 2.03 bits per heavy atom. The molecule has 0 radical (unpaired) electrons. The second-order valence-corrected chi connectivity index (χ2v) is 7.79. The van der Waals surface area contributed by atoms with E-state index in [1.54, 1.807) is 11.8 Å². The van der Waals surface area contributed by atoms with Crippen LogP contribution in [0.4, 0.5) is 18.9 Å². The number of nitrogens with two attached hydrogens (primary N) is 1. The molecule has 0 spiro atoms. The molecule has 3 aromatic rings. The molecule has 1 aliphatic rings. The molecule has 0 bridgehead atoms. The summed E-state index contributed by atoms with van der Waals surface area (Å²) < 4.78 is 42.1. The molecular formula is C20H18ClF3N6O2. The summed E-state index contributed by atoms with van der Waals surface area (Å²) >= 11 is 6.11. The summed E-state index contributed by atoms with van der Waals surface area (Å²) in [6.07, 6.45) is -2.80. The Morgan fingerprint density at radius 3 is 2.72 bits per heavy atom. The van der Waals surface area contributed by atoms with E-state index in [0.29, 0.717) is 29.9 Å². The number of nitrogens with zero attached hydrogens (tertiary/aromatic N) is 4. The van der Waals surface area contributed by atoms with Crippen LogP contribution in [0.5, 0.6) is 0 Å². The number of primary amides is 1. The van der Waals surface area contributed by atoms with Crippen LogP contribution in [-0.2, 0) is 19.1 Å². The Balaban J connectivity index is 1.78. The maximum Gasteiger partial charge on any atom is 0.416 e. The monoisotopic (exact) mass is 466 g/mol. The van der Waals surface area contributed by atoms with Gasteiger partial charge in [0.25, 0.3) is 11.5 Å². The lowest BCUT2D eigenvalue weighted by Gasteiger charge is -2.30. The summed E-state index contributed by atoms with van der Waals surface area (Å²) in [4.78, 5) is 25.6. The largest absolute Gasteiger partial charge is 0.416 e. The number of aromatic amines is 1. The zero-order chi connectivity index (χ0) is 23.2. The third kappa shape index (κ3) is 3.72. The van der Waals surface area contributed by atoms with Gasteiger partial charge in [0.15, 0.2) is 5.69 Å². The van der Waals surface area contributed by atoms with E-state index in [1.807, 2.05) is 0 Å². The topological polar surface area (TPSA) is 110 Å². The SMILES string of the molecule is CC(c1ccccc1C(F)(F)F)n1nc(C(N)=O)c2c1CCN(c1cn[nH]c(=O)c1Cl)C2. The summed E-state index contributed by atoms with van der Waals surface area (Å²) in [7, 11) is 0. The average molecular weight is 467 g/mol. The van der Waals surface area contributed by atoms with Crippen molar-refractivity contribution in [1.82, 2.24) is 20.0 Å². The molecule has 1 atom stereocenters. The van der Waals surface area contributed by atoms with Crippen LogP contribution in [0.25, 0.3) is 0 Å². The highest BCUT2D eigenvalue weighted by Gasteiger charge is 2.36. The lowest BCUT2D eigenvalue weighted by molar-refractivity contribution is -0.138. The predicted octanol–water partition coefficient (Wildman–Crippen LogP) is 2.91. The van der Waals surface area contributed by atoms with Crippen molar-refractivity contribution < 1.29 is 18.0 Å². The first-order valence-electron chi connectivity index (χ1n) is 9.64. The van der Waals surface area contributed by atoms with Crippen molar-refractivity contribution in [2.24, 2.45) is 5.73 Å². The minimum atomic E-state index is -4.54. The summed E-state index contributed by atoms with van der Waals surface area (Å²) in [5.41, 5.74) is 5.66. The van der Waals surface area contributed by atoms with Gasteiger partial charge in [0.05, 0.1) is 23.5 Å². The van der Waals surface area contributed by atoms with Crippen molar-refractivity contribution in [3.8, 4) is 0 Å². The molecular weight excluding hydrogens is 449 g/mol. The molecule has 2 aromatic heterocycles. The molecule has 168 valence electrons. The molecule has 1 aliphatic heterocycles. The van der Waals surface area contributed by atoms with Crippen LogP contribution in [0.2, 0.25) is 5.02 Å². The van der Waals surface area contributed by atoms with Gasteiger partial charge in [-0.05, 0) is 18.6 Å². The molecule has 12 heteroatoms. The zero-order valence-corrected chi connectivity index (χ0v) is 17.5. The first-order chi connectivity index (χ1) is 15.1. The van der Waals surface area contributed by atoms with Crippen LogP contribution in [0, 0.1) is 0 Å². The van der Waals surface area contributed by atoms with E-state index in [0.717, 1.165) is 6.07 Å². The predicted molar refractivity (Wildman–Crippen MR) is 111 cm³/mol. The highest BCUT2D eigenvalue weighted by Crippen LogP contribution is 2.37. The average Bonchev–Trinajstić information content (AvgIpc) is 3.13. The van der Waals surface area contributed by atoms with Gasteiger partial charge in [-0.2, -0.15) is 23.4 Å². The number of carbonyl (C=O) groups is 1. The van der Waals surface area contributed by atoms with Gasteiger partial charge in [-0.1, -0.05) is 29.8 Å². The second-order valence-electron chi connectivity index (χ2n) is 7.41. The molecule has 3 N–H and O–H groups in total. The van der Waals surface area contributed by atoms with Crippen molar-refractivity contribution >= 4 is 23.2 Å². The van der Waals surface area contributed by atoms with Crippen molar-refractivity contribution in [1.29, 1.82) is 0 Å². The molecule has 8 nitrogen and oxygen atoms in total. The highest BCUT2D eigenvalue weighted by atomic mass is 35.5. The minimum Gasteiger partial charge on any atom is -0.364 e. The Hall–Kier alpha value is -3.34. The Kier molecular flexibility index (Phi) is 5.45. The van der Waals surface area contributed by atoms with Gasteiger partial charge in [-0.15, -0.1) is 0 Å². The number of aromatic nitrogens is 4. The number of amides is 1. The van der Waals surface area contributed by atoms with Crippen LogP contribution in [0.3, 0.4) is 0 Å². The van der Waals surface area contributed by atoms with Gasteiger partial charge in [-0.3, -0.25) is 14.3 Å². The maximum absolute atomic E-state index is 13.5. The zero-order valence-electron chi connectivity index (χ0n) is 16.8. The minimum absolute atomic E-state index is 0.0324. The standard InChI is InChI=1S/C20H18ClF3N6O2/c1-10(11-4-2-3-5-13(11)20(22,23)24)30-14-6-7-29(9-12(14)17(28-30)18(25)31)15-8-26-27-19(32)16(15)21/h2-5,8,10H,6-7,9H2,1H3,(H2,25,31)(H,27,32). The summed E-state index contributed by atoms with van der Waals surface area (Å²) in [6.45, 7) is 2.12. The molecule has 1 amide bonds. The van der Waals surface area contributed by atoms with Crippen LogP contribution in [-0.4, -0.2) is 32.4 Å².